The number of carbonyl (C=O) groups excluding carboxylic acids is 2. The largest absolute Gasteiger partial charge is 0.383 e. The van der Waals surface area contributed by atoms with Crippen LogP contribution < -0.4 is 16.4 Å². The van der Waals surface area contributed by atoms with Crippen LogP contribution in [0.3, 0.4) is 0 Å². The summed E-state index contributed by atoms with van der Waals surface area (Å²) in [6, 6.07) is 2.75. The van der Waals surface area contributed by atoms with Crippen molar-refractivity contribution in [1.82, 2.24) is 30.0 Å². The molecule has 2 aliphatic heterocycles. The molecule has 0 aliphatic carbocycles. The zero-order valence-electron chi connectivity index (χ0n) is 21.3. The molecule has 3 aromatic heterocycles. The van der Waals surface area contributed by atoms with E-state index in [1.807, 2.05) is 0 Å². The van der Waals surface area contributed by atoms with Crippen molar-refractivity contribution in [2.75, 3.05) is 24.3 Å². The summed E-state index contributed by atoms with van der Waals surface area (Å²) in [5.74, 6) is -1.92. The van der Waals surface area contributed by atoms with Gasteiger partial charge in [-0.1, -0.05) is 0 Å². The minimum Gasteiger partial charge on any atom is -0.383 e. The van der Waals surface area contributed by atoms with Gasteiger partial charge in [-0.3, -0.25) is 9.59 Å². The molecule has 214 valence electrons. The first kappa shape index (κ1) is 27.6. The number of halogens is 5. The maximum Gasteiger partial charge on any atom is 0.272 e. The number of fused-ring (bicyclic) bond motifs is 2. The molecule has 3 aromatic rings. The molecule has 4 unspecified atom stereocenters. The number of aromatic nitrogens is 5. The Morgan fingerprint density at radius 1 is 1.15 bits per heavy atom. The van der Waals surface area contributed by atoms with Gasteiger partial charge in [0.05, 0.1) is 10.9 Å². The SMILES string of the molecule is Cc1ccc2c(-c3nc(N)c4c(n3)NC(=O)C4(C)C(=O)NC3CCOCC3)nn(C(F)C(F)C(F)C(F)F)c2n1. The Kier molecular flexibility index (Phi) is 7.06. The van der Waals surface area contributed by atoms with E-state index in [1.165, 1.54) is 19.1 Å². The molecule has 2 aliphatic rings. The van der Waals surface area contributed by atoms with Gasteiger partial charge in [0.25, 0.3) is 6.43 Å². The number of nitrogens with zero attached hydrogens (tertiary/aromatic N) is 5. The summed E-state index contributed by atoms with van der Waals surface area (Å²) >= 11 is 0. The predicted molar refractivity (Wildman–Crippen MR) is 132 cm³/mol. The van der Waals surface area contributed by atoms with Gasteiger partial charge in [-0.2, -0.15) is 5.10 Å². The van der Waals surface area contributed by atoms with E-state index < -0.39 is 42.3 Å². The lowest BCUT2D eigenvalue weighted by Gasteiger charge is -2.28. The van der Waals surface area contributed by atoms with Gasteiger partial charge in [0.15, 0.2) is 29.2 Å². The van der Waals surface area contributed by atoms with E-state index in [0.29, 0.717) is 36.4 Å². The second-order valence-electron chi connectivity index (χ2n) is 9.81. The molecule has 0 radical (unpaired) electrons. The van der Waals surface area contributed by atoms with Crippen LogP contribution in [-0.4, -0.2) is 74.6 Å². The summed E-state index contributed by atoms with van der Waals surface area (Å²) in [5.41, 5.74) is 4.35. The summed E-state index contributed by atoms with van der Waals surface area (Å²) < 4.78 is 74.1. The number of alkyl halides is 5. The van der Waals surface area contributed by atoms with E-state index in [9.17, 15) is 27.2 Å². The van der Waals surface area contributed by atoms with Crippen molar-refractivity contribution < 1.29 is 36.3 Å². The fourth-order valence-corrected chi connectivity index (χ4v) is 4.78. The number of ether oxygens (including phenoxy) is 1. The van der Waals surface area contributed by atoms with Gasteiger partial charge >= 0.3 is 0 Å². The summed E-state index contributed by atoms with van der Waals surface area (Å²) in [5, 5.41) is 9.38. The van der Waals surface area contributed by atoms with E-state index in [1.54, 1.807) is 6.92 Å². The van der Waals surface area contributed by atoms with E-state index in [4.69, 9.17) is 10.5 Å². The van der Waals surface area contributed by atoms with Crippen molar-refractivity contribution in [2.24, 2.45) is 0 Å². The highest BCUT2D eigenvalue weighted by Gasteiger charge is 2.52. The van der Waals surface area contributed by atoms with Gasteiger partial charge in [-0.15, -0.1) is 0 Å². The molecule has 0 saturated carbocycles. The monoisotopic (exact) mass is 568 g/mol. The topological polar surface area (TPSA) is 150 Å². The molecule has 0 spiro atoms. The first-order chi connectivity index (χ1) is 18.9. The van der Waals surface area contributed by atoms with Crippen molar-refractivity contribution in [3.63, 3.8) is 0 Å². The number of aryl methyl sites for hydroxylation is 1. The first-order valence-corrected chi connectivity index (χ1v) is 12.4. The molecule has 5 rings (SSSR count). The smallest absolute Gasteiger partial charge is 0.272 e. The molecule has 40 heavy (non-hydrogen) atoms. The van der Waals surface area contributed by atoms with Crippen molar-refractivity contribution in [3.8, 4) is 11.5 Å². The highest BCUT2D eigenvalue weighted by atomic mass is 19.3. The second-order valence-corrected chi connectivity index (χ2v) is 9.81. The molecule has 0 aromatic carbocycles. The average molecular weight is 569 g/mol. The lowest BCUT2D eigenvalue weighted by atomic mass is 9.83. The summed E-state index contributed by atoms with van der Waals surface area (Å²) in [4.78, 5) is 38.9. The molecule has 4 N–H and O–H groups in total. The van der Waals surface area contributed by atoms with Gasteiger partial charge in [0, 0.05) is 24.9 Å². The summed E-state index contributed by atoms with van der Waals surface area (Å²) in [6.07, 6.45) is -12.2. The molecule has 11 nitrogen and oxygen atoms in total. The number of nitrogens with one attached hydrogen (secondary N) is 2. The van der Waals surface area contributed by atoms with Crippen LogP contribution in [0.15, 0.2) is 12.1 Å². The average Bonchev–Trinajstić information content (AvgIpc) is 3.42. The van der Waals surface area contributed by atoms with Crippen LogP contribution in [0.25, 0.3) is 22.6 Å². The molecule has 5 heterocycles. The lowest BCUT2D eigenvalue weighted by molar-refractivity contribution is -0.134. The van der Waals surface area contributed by atoms with Crippen LogP contribution in [0.1, 0.15) is 37.3 Å². The molecular weight excluding hydrogens is 543 g/mol. The zero-order chi connectivity index (χ0) is 28.9. The van der Waals surface area contributed by atoms with Crippen molar-refractivity contribution in [1.29, 1.82) is 0 Å². The summed E-state index contributed by atoms with van der Waals surface area (Å²) in [7, 11) is 0. The molecule has 16 heteroatoms. The van der Waals surface area contributed by atoms with Gasteiger partial charge < -0.3 is 21.1 Å². The maximum absolute atomic E-state index is 15.0. The number of pyridine rings is 1. The number of nitrogens with two attached hydrogens (primary N) is 1. The van der Waals surface area contributed by atoms with Crippen molar-refractivity contribution in [2.45, 2.75) is 63.2 Å². The number of nitrogen functional groups attached to an aromatic ring is 1. The van der Waals surface area contributed by atoms with Gasteiger partial charge in [-0.25, -0.2) is 41.6 Å². The molecule has 4 atom stereocenters. The minimum atomic E-state index is -3.76. The predicted octanol–water partition coefficient (Wildman–Crippen LogP) is 2.69. The Hall–Kier alpha value is -3.95. The molecule has 1 saturated heterocycles. The quantitative estimate of drug-likeness (QED) is 0.291. The molecule has 2 amide bonds. The van der Waals surface area contributed by atoms with E-state index in [2.05, 4.69) is 30.7 Å². The van der Waals surface area contributed by atoms with Gasteiger partial charge in [-0.05, 0) is 38.8 Å². The molecule has 1 fully saturated rings. The Morgan fingerprint density at radius 3 is 2.52 bits per heavy atom. The number of carbonyl (C=O) groups is 2. The van der Waals surface area contributed by atoms with Gasteiger partial charge in [0.2, 0.25) is 18.1 Å². The number of amides is 2. The fourth-order valence-electron chi connectivity index (χ4n) is 4.78. The maximum atomic E-state index is 15.0. The summed E-state index contributed by atoms with van der Waals surface area (Å²) in [6.45, 7) is 3.85. The Labute approximate surface area is 223 Å². The zero-order valence-corrected chi connectivity index (χ0v) is 21.3. The second kappa shape index (κ2) is 10.2. The minimum absolute atomic E-state index is 0.0212. The van der Waals surface area contributed by atoms with Crippen LogP contribution in [-0.2, 0) is 19.7 Å². The van der Waals surface area contributed by atoms with Gasteiger partial charge in [0.1, 0.15) is 17.3 Å². The molecular formula is C24H25F5N8O3. The third kappa shape index (κ3) is 4.49. The number of hydrogen-bond donors (Lipinski definition) is 3. The Morgan fingerprint density at radius 2 is 1.85 bits per heavy atom. The third-order valence-corrected chi connectivity index (χ3v) is 7.08. The van der Waals surface area contributed by atoms with E-state index in [-0.39, 0.29) is 45.8 Å². The Bertz CT molecular complexity index is 1480. The van der Waals surface area contributed by atoms with Crippen molar-refractivity contribution in [3.05, 3.63) is 23.4 Å². The van der Waals surface area contributed by atoms with E-state index in [0.717, 1.165) is 0 Å². The highest BCUT2D eigenvalue weighted by Crippen LogP contribution is 2.42. The number of anilines is 2. The van der Waals surface area contributed by atoms with Crippen LogP contribution in [0.2, 0.25) is 0 Å². The molecule has 0 bridgehead atoms. The first-order valence-electron chi connectivity index (χ1n) is 12.4. The van der Waals surface area contributed by atoms with Crippen LogP contribution in [0.4, 0.5) is 33.6 Å². The highest BCUT2D eigenvalue weighted by molar-refractivity contribution is 6.21. The lowest BCUT2D eigenvalue weighted by Crippen LogP contribution is -2.51. The third-order valence-electron chi connectivity index (χ3n) is 7.08. The standard InChI is InChI=1S/C24H25F5N8O3/c1-9-3-4-11-15(36-37(21(11)31-9)17(29)14(26)13(25)16(27)28)20-33-18(30)12-19(34-20)35-23(39)24(12,2)22(38)32-10-5-7-40-8-6-10/h3-4,10,13-14,16-17H,5-8H2,1-2H3,(H,32,38)(H3,30,33,34,35,39). The normalized spacial score (nSPS) is 21.8. The number of rotatable bonds is 7. The fraction of sp³-hybridized carbons (Fsp3) is 0.500. The Balaban J connectivity index is 1.56. The number of hydrogen-bond acceptors (Lipinski definition) is 8. The van der Waals surface area contributed by atoms with Crippen LogP contribution >= 0.6 is 0 Å². The van der Waals surface area contributed by atoms with Crippen LogP contribution in [0.5, 0.6) is 0 Å². The van der Waals surface area contributed by atoms with E-state index >= 15 is 4.39 Å². The van der Waals surface area contributed by atoms with Crippen LogP contribution in [0, 0.1) is 6.92 Å². The van der Waals surface area contributed by atoms with Crippen molar-refractivity contribution >= 4 is 34.5 Å².